The van der Waals surface area contributed by atoms with E-state index in [1.165, 1.54) is 5.56 Å². The summed E-state index contributed by atoms with van der Waals surface area (Å²) in [5, 5.41) is 3.04. The molecule has 2 aromatic carbocycles. The molecule has 0 spiro atoms. The molecular formula is C21H23N3O3. The number of amides is 2. The minimum absolute atomic E-state index is 0.0132. The van der Waals surface area contributed by atoms with Crippen molar-refractivity contribution in [3.8, 4) is 11.5 Å². The molecule has 0 aliphatic carbocycles. The summed E-state index contributed by atoms with van der Waals surface area (Å²) in [5.41, 5.74) is 2.07. The van der Waals surface area contributed by atoms with Crippen molar-refractivity contribution in [3.63, 3.8) is 0 Å². The maximum Gasteiger partial charge on any atom is 0.322 e. The number of nitrogens with zero attached hydrogens (tertiary/aromatic N) is 2. The zero-order valence-electron chi connectivity index (χ0n) is 15.1. The van der Waals surface area contributed by atoms with Gasteiger partial charge in [-0.3, -0.25) is 4.90 Å². The van der Waals surface area contributed by atoms with Gasteiger partial charge in [0.25, 0.3) is 0 Å². The van der Waals surface area contributed by atoms with E-state index in [0.29, 0.717) is 5.75 Å². The van der Waals surface area contributed by atoms with Gasteiger partial charge in [0.05, 0.1) is 0 Å². The Morgan fingerprint density at radius 1 is 1.00 bits per heavy atom. The minimum Gasteiger partial charge on any atom is -0.454 e. The van der Waals surface area contributed by atoms with Crippen LogP contribution < -0.4 is 14.8 Å². The Kier molecular flexibility index (Phi) is 4.13. The van der Waals surface area contributed by atoms with Crippen LogP contribution in [0.15, 0.2) is 48.5 Å². The quantitative estimate of drug-likeness (QED) is 0.907. The van der Waals surface area contributed by atoms with Crippen molar-refractivity contribution in [1.29, 1.82) is 0 Å². The highest BCUT2D eigenvalue weighted by atomic mass is 16.7. The van der Waals surface area contributed by atoms with Crippen LogP contribution in [0.2, 0.25) is 0 Å². The van der Waals surface area contributed by atoms with Gasteiger partial charge < -0.3 is 19.7 Å². The number of ether oxygens (including phenoxy) is 2. The first-order valence-electron chi connectivity index (χ1n) is 9.51. The van der Waals surface area contributed by atoms with E-state index in [4.69, 9.17) is 9.47 Å². The molecule has 0 saturated carbocycles. The number of hydrogen-bond donors (Lipinski definition) is 1. The van der Waals surface area contributed by atoms with E-state index in [2.05, 4.69) is 34.5 Å². The van der Waals surface area contributed by atoms with Gasteiger partial charge in [0.2, 0.25) is 6.79 Å². The van der Waals surface area contributed by atoms with Gasteiger partial charge in [-0.15, -0.1) is 0 Å². The van der Waals surface area contributed by atoms with E-state index >= 15 is 0 Å². The molecule has 2 saturated heterocycles. The summed E-state index contributed by atoms with van der Waals surface area (Å²) in [6, 6.07) is 16.6. The van der Waals surface area contributed by atoms with Gasteiger partial charge in [-0.05, 0) is 30.5 Å². The number of hydrogen-bond acceptors (Lipinski definition) is 4. The number of piperazine rings is 1. The van der Waals surface area contributed by atoms with Crippen molar-refractivity contribution in [2.45, 2.75) is 31.5 Å². The number of rotatable bonds is 3. The molecule has 5 rings (SSSR count). The first kappa shape index (κ1) is 16.4. The number of nitrogens with one attached hydrogen (secondary N) is 1. The van der Waals surface area contributed by atoms with E-state index in [0.717, 1.165) is 43.9 Å². The molecule has 3 heterocycles. The first-order chi connectivity index (χ1) is 13.3. The number of likely N-dealkylation sites (tertiary alicyclic amines) is 1. The topological polar surface area (TPSA) is 54.0 Å². The summed E-state index contributed by atoms with van der Waals surface area (Å²) in [7, 11) is 0. The Morgan fingerprint density at radius 3 is 2.52 bits per heavy atom. The van der Waals surface area contributed by atoms with Crippen LogP contribution in [0.4, 0.5) is 10.5 Å². The zero-order valence-corrected chi connectivity index (χ0v) is 15.1. The standard InChI is InChI=1S/C21H23N3O3/c25-21(22-16-6-9-19-20(10-16)27-14-26-19)24-17-7-8-18(24)13-23(12-17)11-15-4-2-1-3-5-15/h1-6,9-10,17-18H,7-8,11-14H2,(H,22,25)/t17-,18-/m1/s1. The third kappa shape index (κ3) is 3.21. The Hall–Kier alpha value is -2.73. The fourth-order valence-electron chi connectivity index (χ4n) is 4.45. The van der Waals surface area contributed by atoms with Crippen LogP contribution in [0.3, 0.4) is 0 Å². The highest BCUT2D eigenvalue weighted by molar-refractivity contribution is 5.90. The zero-order chi connectivity index (χ0) is 18.2. The highest BCUT2D eigenvalue weighted by Gasteiger charge is 2.42. The molecule has 6 heteroatoms. The minimum atomic E-state index is -0.0132. The third-order valence-electron chi connectivity index (χ3n) is 5.67. The van der Waals surface area contributed by atoms with Gasteiger partial charge in [-0.25, -0.2) is 4.79 Å². The highest BCUT2D eigenvalue weighted by Crippen LogP contribution is 2.35. The van der Waals surface area contributed by atoms with Crippen molar-refractivity contribution in [1.82, 2.24) is 9.80 Å². The van der Waals surface area contributed by atoms with Crippen molar-refractivity contribution in [2.24, 2.45) is 0 Å². The fourth-order valence-corrected chi connectivity index (χ4v) is 4.45. The lowest BCUT2D eigenvalue weighted by molar-refractivity contribution is 0.0902. The van der Waals surface area contributed by atoms with Crippen LogP contribution in [0.1, 0.15) is 18.4 Å². The summed E-state index contributed by atoms with van der Waals surface area (Å²) in [6.07, 6.45) is 2.15. The van der Waals surface area contributed by atoms with E-state index < -0.39 is 0 Å². The molecule has 2 atom stereocenters. The van der Waals surface area contributed by atoms with Gasteiger partial charge in [-0.2, -0.15) is 0 Å². The summed E-state index contributed by atoms with van der Waals surface area (Å²) in [5.74, 6) is 1.41. The second-order valence-electron chi connectivity index (χ2n) is 7.47. The van der Waals surface area contributed by atoms with Crippen LogP contribution in [0, 0.1) is 0 Å². The lowest BCUT2D eigenvalue weighted by atomic mass is 10.1. The predicted molar refractivity (Wildman–Crippen MR) is 102 cm³/mol. The second kappa shape index (κ2) is 6.78. The van der Waals surface area contributed by atoms with Gasteiger partial charge in [0.1, 0.15) is 0 Å². The van der Waals surface area contributed by atoms with E-state index in [-0.39, 0.29) is 24.9 Å². The SMILES string of the molecule is O=C(Nc1ccc2c(c1)OCO2)N1[C@@H]2CC[C@@H]1CN(Cc1ccccc1)C2. The van der Waals surface area contributed by atoms with Crippen molar-refractivity contribution in [3.05, 3.63) is 54.1 Å². The summed E-state index contributed by atoms with van der Waals surface area (Å²) >= 11 is 0. The molecule has 3 aliphatic heterocycles. The van der Waals surface area contributed by atoms with Crippen LogP contribution in [-0.2, 0) is 6.54 Å². The van der Waals surface area contributed by atoms with Gasteiger partial charge in [0.15, 0.2) is 11.5 Å². The van der Waals surface area contributed by atoms with E-state index in [1.807, 2.05) is 29.2 Å². The molecule has 3 aliphatic rings. The lowest BCUT2D eigenvalue weighted by Crippen LogP contribution is -2.56. The molecule has 140 valence electrons. The summed E-state index contributed by atoms with van der Waals surface area (Å²) < 4.78 is 10.7. The van der Waals surface area contributed by atoms with E-state index in [1.54, 1.807) is 0 Å². The van der Waals surface area contributed by atoms with Crippen molar-refractivity contribution < 1.29 is 14.3 Å². The van der Waals surface area contributed by atoms with Crippen molar-refractivity contribution in [2.75, 3.05) is 25.2 Å². The van der Waals surface area contributed by atoms with E-state index in [9.17, 15) is 4.79 Å². The summed E-state index contributed by atoms with van der Waals surface area (Å²) in [4.78, 5) is 17.4. The first-order valence-corrected chi connectivity index (χ1v) is 9.51. The van der Waals surface area contributed by atoms with Crippen molar-refractivity contribution >= 4 is 11.7 Å². The predicted octanol–water partition coefficient (Wildman–Crippen LogP) is 3.30. The van der Waals surface area contributed by atoms with Crippen LogP contribution in [0.5, 0.6) is 11.5 Å². The molecule has 2 aromatic rings. The molecule has 6 nitrogen and oxygen atoms in total. The van der Waals surface area contributed by atoms with Gasteiger partial charge in [-0.1, -0.05) is 30.3 Å². The smallest absolute Gasteiger partial charge is 0.322 e. The second-order valence-corrected chi connectivity index (χ2v) is 7.47. The monoisotopic (exact) mass is 365 g/mol. The average Bonchev–Trinajstić information content (AvgIpc) is 3.24. The van der Waals surface area contributed by atoms with Crippen LogP contribution in [0.25, 0.3) is 0 Å². The Balaban J connectivity index is 1.24. The summed E-state index contributed by atoms with van der Waals surface area (Å²) in [6.45, 7) is 3.05. The molecule has 27 heavy (non-hydrogen) atoms. The lowest BCUT2D eigenvalue weighted by Gasteiger charge is -2.41. The number of benzene rings is 2. The molecule has 2 fully saturated rings. The molecular weight excluding hydrogens is 342 g/mol. The Morgan fingerprint density at radius 2 is 1.74 bits per heavy atom. The van der Waals surface area contributed by atoms with Crippen LogP contribution >= 0.6 is 0 Å². The maximum atomic E-state index is 12.9. The third-order valence-corrected chi connectivity index (χ3v) is 5.67. The van der Waals surface area contributed by atoms with Gasteiger partial charge in [0, 0.05) is 43.5 Å². The normalized spacial score (nSPS) is 23.5. The largest absolute Gasteiger partial charge is 0.454 e. The molecule has 0 radical (unpaired) electrons. The van der Waals surface area contributed by atoms with Gasteiger partial charge >= 0.3 is 6.03 Å². The molecule has 0 unspecified atom stereocenters. The number of fused-ring (bicyclic) bond motifs is 3. The average molecular weight is 365 g/mol. The molecule has 0 aromatic heterocycles. The number of carbonyl (C=O) groups is 1. The Labute approximate surface area is 158 Å². The number of urea groups is 1. The maximum absolute atomic E-state index is 12.9. The van der Waals surface area contributed by atoms with Crippen LogP contribution in [-0.4, -0.2) is 47.8 Å². The Bertz CT molecular complexity index is 828. The fraction of sp³-hybridized carbons (Fsp3) is 0.381. The number of carbonyl (C=O) groups excluding carboxylic acids is 1. The molecule has 2 bridgehead atoms. The number of anilines is 1. The molecule has 1 N–H and O–H groups in total. The molecule has 2 amide bonds.